The molecule has 5 rings (SSSR count). The summed E-state index contributed by atoms with van der Waals surface area (Å²) in [5.41, 5.74) is 1.91. The zero-order chi connectivity index (χ0) is 27.1. The fourth-order valence-electron chi connectivity index (χ4n) is 5.84. The van der Waals surface area contributed by atoms with Gasteiger partial charge in [-0.2, -0.15) is 0 Å². The average molecular weight is 532 g/mol. The van der Waals surface area contributed by atoms with E-state index in [2.05, 4.69) is 10.6 Å². The molecule has 1 aromatic carbocycles. The van der Waals surface area contributed by atoms with Gasteiger partial charge >= 0.3 is 5.82 Å². The number of aryl methyl sites for hydroxylation is 1. The molecule has 0 radical (unpaired) electrons. The van der Waals surface area contributed by atoms with Crippen molar-refractivity contribution < 1.29 is 28.1 Å². The minimum Gasteiger partial charge on any atom is -0.482 e. The Balaban J connectivity index is 1.20. The third-order valence-electron chi connectivity index (χ3n) is 7.93. The Morgan fingerprint density at radius 3 is 2.61 bits per heavy atom. The van der Waals surface area contributed by atoms with Crippen molar-refractivity contribution in [2.45, 2.75) is 56.2 Å². The van der Waals surface area contributed by atoms with Gasteiger partial charge in [-0.25, -0.2) is 8.78 Å². The predicted octanol–water partition coefficient (Wildman–Crippen LogP) is 3.85. The molecule has 1 aromatic heterocycles. The number of piperidine rings is 1. The van der Waals surface area contributed by atoms with Crippen LogP contribution in [0.15, 0.2) is 30.3 Å². The molecule has 1 aliphatic carbocycles. The van der Waals surface area contributed by atoms with Gasteiger partial charge in [0, 0.05) is 31.5 Å². The maximum absolute atomic E-state index is 15.9. The van der Waals surface area contributed by atoms with Gasteiger partial charge in [-0.15, -0.1) is 4.68 Å². The van der Waals surface area contributed by atoms with Gasteiger partial charge in [0.2, 0.25) is 0 Å². The summed E-state index contributed by atoms with van der Waals surface area (Å²) in [4.78, 5) is 30.5. The molecule has 38 heavy (non-hydrogen) atoms. The van der Waals surface area contributed by atoms with Gasteiger partial charge in [-0.3, -0.25) is 15.1 Å². The highest BCUT2D eigenvalue weighted by atomic mass is 19.1. The third-order valence-corrected chi connectivity index (χ3v) is 7.93. The number of hydrogen-bond acceptors (Lipinski definition) is 7. The molecule has 2 aliphatic heterocycles. The van der Waals surface area contributed by atoms with Crippen LogP contribution in [0.3, 0.4) is 0 Å². The monoisotopic (exact) mass is 531 g/mol. The Morgan fingerprint density at radius 2 is 1.97 bits per heavy atom. The minimum atomic E-state index is -1.92. The fourth-order valence-corrected chi connectivity index (χ4v) is 5.84. The van der Waals surface area contributed by atoms with Crippen LogP contribution in [0.4, 0.5) is 14.6 Å². The lowest BCUT2D eigenvalue weighted by atomic mass is 9.77. The third kappa shape index (κ3) is 4.96. The highest BCUT2D eigenvalue weighted by Gasteiger charge is 2.47. The molecule has 204 valence electrons. The van der Waals surface area contributed by atoms with Crippen LogP contribution in [-0.2, 0) is 23.1 Å². The number of likely N-dealkylation sites (tertiary alicyclic amines) is 1. The Bertz CT molecular complexity index is 1260. The first-order valence-corrected chi connectivity index (χ1v) is 12.8. The normalized spacial score (nSPS) is 24.4. The number of nitrogens with zero attached hydrogens (tertiary/aromatic N) is 4. The van der Waals surface area contributed by atoms with E-state index in [4.69, 9.17) is 9.57 Å². The second-order valence-corrected chi connectivity index (χ2v) is 10.5. The van der Waals surface area contributed by atoms with Gasteiger partial charge in [-0.05, 0) is 67.2 Å². The first-order valence-electron chi connectivity index (χ1n) is 12.8. The number of amides is 1. The number of rotatable bonds is 6. The van der Waals surface area contributed by atoms with Gasteiger partial charge in [-0.1, -0.05) is 5.10 Å². The summed E-state index contributed by atoms with van der Waals surface area (Å²) < 4.78 is 37.2. The molecule has 0 bridgehead atoms. The number of halogens is 2. The molecule has 10 nitrogen and oxygen atoms in total. The Hall–Kier alpha value is -3.54. The lowest BCUT2D eigenvalue weighted by molar-refractivity contribution is -0.392. The van der Waals surface area contributed by atoms with E-state index in [0.29, 0.717) is 67.9 Å². The zero-order valence-electron chi connectivity index (χ0n) is 21.4. The molecule has 1 N–H and O–H groups in total. The van der Waals surface area contributed by atoms with Crippen molar-refractivity contribution in [3.63, 3.8) is 0 Å². The molecule has 1 amide bonds. The number of hydrogen-bond donors (Lipinski definition) is 1. The number of alkyl halides is 1. The van der Waals surface area contributed by atoms with Crippen molar-refractivity contribution in [2.24, 2.45) is 13.0 Å². The van der Waals surface area contributed by atoms with Crippen LogP contribution in [-0.4, -0.2) is 57.0 Å². The first-order chi connectivity index (χ1) is 18.1. The number of aromatic nitrogens is 2. The number of fused-ring (bicyclic) bond motifs is 1. The summed E-state index contributed by atoms with van der Waals surface area (Å²) in [6.07, 6.45) is 4.55. The number of benzene rings is 1. The lowest BCUT2D eigenvalue weighted by Crippen LogP contribution is -2.55. The molecule has 12 heteroatoms. The molecule has 2 fully saturated rings. The number of nitro groups is 1. The topological polar surface area (TPSA) is 112 Å². The highest BCUT2D eigenvalue weighted by Crippen LogP contribution is 2.42. The van der Waals surface area contributed by atoms with E-state index < -0.39 is 27.9 Å². The number of carbonyl (C=O) groups excluding carboxylic acids is 1. The largest absolute Gasteiger partial charge is 0.482 e. The molecule has 2 aromatic rings. The Kier molecular flexibility index (Phi) is 6.84. The maximum atomic E-state index is 15.9. The highest BCUT2D eigenvalue weighted by molar-refractivity contribution is 5.85. The summed E-state index contributed by atoms with van der Waals surface area (Å²) in [6.45, 7) is 0.664. The number of ether oxygens (including phenoxy) is 1. The van der Waals surface area contributed by atoms with Crippen molar-refractivity contribution in [3.8, 4) is 5.75 Å². The average Bonchev–Trinajstić information content (AvgIpc) is 3.26. The first kappa shape index (κ1) is 26.1. The molecule has 1 saturated heterocycles. The van der Waals surface area contributed by atoms with Crippen LogP contribution in [0.25, 0.3) is 5.70 Å². The number of hydroxylamine groups is 1. The smallest absolute Gasteiger partial charge is 0.344 e. The van der Waals surface area contributed by atoms with E-state index in [1.165, 1.54) is 37.0 Å². The Labute approximate surface area is 218 Å². The van der Waals surface area contributed by atoms with Gasteiger partial charge < -0.3 is 19.8 Å². The molecular formula is C26H31F2N5O5. The van der Waals surface area contributed by atoms with Gasteiger partial charge in [0.1, 0.15) is 24.2 Å². The second-order valence-electron chi connectivity index (χ2n) is 10.5. The van der Waals surface area contributed by atoms with Crippen molar-refractivity contribution in [1.29, 1.82) is 0 Å². The van der Waals surface area contributed by atoms with Crippen molar-refractivity contribution in [1.82, 2.24) is 20.2 Å². The van der Waals surface area contributed by atoms with E-state index in [1.54, 1.807) is 11.0 Å². The van der Waals surface area contributed by atoms with Crippen LogP contribution in [0, 0.1) is 21.8 Å². The molecule has 0 unspecified atom stereocenters. The Morgan fingerprint density at radius 1 is 1.26 bits per heavy atom. The van der Waals surface area contributed by atoms with Crippen LogP contribution in [0.1, 0.15) is 49.8 Å². The van der Waals surface area contributed by atoms with Crippen LogP contribution < -0.4 is 10.2 Å². The maximum Gasteiger partial charge on any atom is 0.344 e. The molecular weight excluding hydrogens is 500 g/mol. The summed E-state index contributed by atoms with van der Waals surface area (Å²) in [5, 5.41) is 15.3. The lowest BCUT2D eigenvalue weighted by Gasteiger charge is -2.44. The molecule has 1 spiro atoms. The van der Waals surface area contributed by atoms with E-state index in [-0.39, 0.29) is 24.6 Å². The summed E-state index contributed by atoms with van der Waals surface area (Å²) in [5.74, 6) is -0.324. The summed E-state index contributed by atoms with van der Waals surface area (Å²) in [7, 11) is 3.00. The minimum absolute atomic E-state index is 0.0775. The number of carbonyl (C=O) groups is 1. The molecule has 1 saturated carbocycles. The van der Waals surface area contributed by atoms with Gasteiger partial charge in [0.25, 0.3) is 5.91 Å². The molecule has 3 heterocycles. The van der Waals surface area contributed by atoms with E-state index in [1.807, 2.05) is 6.08 Å². The molecule has 0 atom stereocenters. The van der Waals surface area contributed by atoms with Crippen LogP contribution in [0.2, 0.25) is 0 Å². The van der Waals surface area contributed by atoms with Crippen LogP contribution >= 0.6 is 0 Å². The fraction of sp³-hybridized carbons (Fsp3) is 0.538. The van der Waals surface area contributed by atoms with Crippen molar-refractivity contribution >= 4 is 17.4 Å². The predicted molar refractivity (Wildman–Crippen MR) is 133 cm³/mol. The summed E-state index contributed by atoms with van der Waals surface area (Å²) in [6, 6.07) is 5.74. The van der Waals surface area contributed by atoms with Crippen LogP contribution in [0.5, 0.6) is 5.75 Å². The van der Waals surface area contributed by atoms with Gasteiger partial charge in [0.05, 0.1) is 24.6 Å². The van der Waals surface area contributed by atoms with Crippen molar-refractivity contribution in [2.75, 3.05) is 20.2 Å². The second kappa shape index (κ2) is 9.97. The standard InChI is InChI=1S/C26H31F2N5O5/c1-31-23(33(35)36)15-19(29-31)13-17-5-7-26(28,8-6-17)24(34)32-11-9-25(10-12-32)16-21(30-37-2)20-14-18(27)3-4-22(20)38-25/h3-4,14-17,30H,5-13H2,1-2H3. The van der Waals surface area contributed by atoms with Gasteiger partial charge in [0.15, 0.2) is 5.67 Å². The quantitative estimate of drug-likeness (QED) is 0.445. The summed E-state index contributed by atoms with van der Waals surface area (Å²) >= 11 is 0. The zero-order valence-corrected chi connectivity index (χ0v) is 21.4. The number of nitrogens with one attached hydrogen (secondary N) is 1. The SMILES string of the molecule is CONC1=CC2(CCN(C(=O)C3(F)CCC(Cc4cc([N+](=O)[O-])n(C)n4)CC3)CC2)Oc2ccc(F)cc21. The van der Waals surface area contributed by atoms with E-state index in [9.17, 15) is 19.3 Å². The molecule has 3 aliphatic rings. The van der Waals surface area contributed by atoms with Crippen molar-refractivity contribution in [3.05, 3.63) is 57.5 Å². The van der Waals surface area contributed by atoms with E-state index in [0.717, 1.165) is 0 Å². The van der Waals surface area contributed by atoms with E-state index >= 15 is 4.39 Å².